The second-order valence-electron chi connectivity index (χ2n) is 5.75. The van der Waals surface area contributed by atoms with Crippen molar-refractivity contribution in [2.45, 2.75) is 58.5 Å². The summed E-state index contributed by atoms with van der Waals surface area (Å²) in [6, 6.07) is 0.278. The molecule has 2 rings (SSSR count). The van der Waals surface area contributed by atoms with Crippen LogP contribution in [0.2, 0.25) is 0 Å². The average Bonchev–Trinajstić information content (AvgIpc) is 2.69. The fraction of sp³-hybridized carbons (Fsp3) is 0.769. The largest absolute Gasteiger partial charge is 0.335 e. The number of hydrogen-bond acceptors (Lipinski definition) is 2. The van der Waals surface area contributed by atoms with Gasteiger partial charge in [-0.1, -0.05) is 13.8 Å². The van der Waals surface area contributed by atoms with Crippen LogP contribution in [-0.2, 0) is 6.54 Å². The maximum atomic E-state index is 6.26. The molecule has 0 spiro atoms. The summed E-state index contributed by atoms with van der Waals surface area (Å²) < 4.78 is 2.23. The zero-order valence-electron chi connectivity index (χ0n) is 10.6. The van der Waals surface area contributed by atoms with Gasteiger partial charge in [0.25, 0.3) is 0 Å². The molecule has 90 valence electrons. The lowest BCUT2D eigenvalue weighted by Crippen LogP contribution is -2.38. The normalized spacial score (nSPS) is 29.2. The first kappa shape index (κ1) is 11.6. The SMILES string of the molecule is CCn1ccnc1C1CC(C)(C)CCC1N. The summed E-state index contributed by atoms with van der Waals surface area (Å²) in [6.07, 6.45) is 7.47. The Morgan fingerprint density at radius 3 is 3.00 bits per heavy atom. The quantitative estimate of drug-likeness (QED) is 0.834. The van der Waals surface area contributed by atoms with E-state index in [0.717, 1.165) is 19.4 Å². The number of aryl methyl sites for hydroxylation is 1. The molecule has 0 bridgehead atoms. The van der Waals surface area contributed by atoms with Crippen LogP contribution in [0.15, 0.2) is 12.4 Å². The van der Waals surface area contributed by atoms with E-state index in [0.29, 0.717) is 11.3 Å². The molecular formula is C13H23N3. The molecule has 2 N–H and O–H groups in total. The minimum atomic E-state index is 0.278. The smallest absolute Gasteiger partial charge is 0.113 e. The molecule has 3 nitrogen and oxygen atoms in total. The summed E-state index contributed by atoms with van der Waals surface area (Å²) in [5.74, 6) is 1.61. The molecule has 1 fully saturated rings. The summed E-state index contributed by atoms with van der Waals surface area (Å²) in [7, 11) is 0. The van der Waals surface area contributed by atoms with Crippen LogP contribution in [0.3, 0.4) is 0 Å². The van der Waals surface area contributed by atoms with Crippen LogP contribution < -0.4 is 5.73 Å². The summed E-state index contributed by atoms with van der Waals surface area (Å²) >= 11 is 0. The highest BCUT2D eigenvalue weighted by atomic mass is 15.1. The van der Waals surface area contributed by atoms with Gasteiger partial charge in [-0.25, -0.2) is 4.98 Å². The predicted octanol–water partition coefficient (Wildman–Crippen LogP) is 2.52. The van der Waals surface area contributed by atoms with Crippen LogP contribution >= 0.6 is 0 Å². The first-order valence-corrected chi connectivity index (χ1v) is 6.30. The van der Waals surface area contributed by atoms with E-state index < -0.39 is 0 Å². The van der Waals surface area contributed by atoms with E-state index in [2.05, 4.69) is 36.5 Å². The molecule has 1 aliphatic carbocycles. The highest BCUT2D eigenvalue weighted by Crippen LogP contribution is 2.42. The van der Waals surface area contributed by atoms with Gasteiger partial charge in [0.2, 0.25) is 0 Å². The number of aromatic nitrogens is 2. The lowest BCUT2D eigenvalue weighted by Gasteiger charge is -2.39. The van der Waals surface area contributed by atoms with Crippen LogP contribution in [0.4, 0.5) is 0 Å². The molecule has 1 heterocycles. The fourth-order valence-corrected chi connectivity index (χ4v) is 2.81. The minimum Gasteiger partial charge on any atom is -0.335 e. The molecule has 0 radical (unpaired) electrons. The Labute approximate surface area is 98.1 Å². The summed E-state index contributed by atoms with van der Waals surface area (Å²) in [5.41, 5.74) is 6.67. The van der Waals surface area contributed by atoms with E-state index in [9.17, 15) is 0 Å². The monoisotopic (exact) mass is 221 g/mol. The Balaban J connectivity index is 2.24. The van der Waals surface area contributed by atoms with Gasteiger partial charge in [0.05, 0.1) is 0 Å². The van der Waals surface area contributed by atoms with Crippen molar-refractivity contribution in [2.75, 3.05) is 0 Å². The molecule has 1 aliphatic rings. The third-order valence-electron chi connectivity index (χ3n) is 3.86. The third kappa shape index (κ3) is 2.14. The Morgan fingerprint density at radius 2 is 2.31 bits per heavy atom. The molecule has 1 saturated carbocycles. The van der Waals surface area contributed by atoms with Crippen molar-refractivity contribution in [3.05, 3.63) is 18.2 Å². The van der Waals surface area contributed by atoms with Gasteiger partial charge >= 0.3 is 0 Å². The van der Waals surface area contributed by atoms with E-state index in [1.54, 1.807) is 0 Å². The summed E-state index contributed by atoms with van der Waals surface area (Å²) in [6.45, 7) is 7.82. The van der Waals surface area contributed by atoms with Gasteiger partial charge in [-0.2, -0.15) is 0 Å². The maximum Gasteiger partial charge on any atom is 0.113 e. The standard InChI is InChI=1S/C13H23N3/c1-4-16-8-7-15-12(16)10-9-13(2,3)6-5-11(10)14/h7-8,10-11H,4-6,9,14H2,1-3H3. The van der Waals surface area contributed by atoms with Crippen molar-refractivity contribution < 1.29 is 0 Å². The molecular weight excluding hydrogens is 198 g/mol. The molecule has 1 aromatic rings. The van der Waals surface area contributed by atoms with Crippen molar-refractivity contribution >= 4 is 0 Å². The molecule has 0 aliphatic heterocycles. The Kier molecular flexibility index (Phi) is 3.06. The molecule has 3 heteroatoms. The Morgan fingerprint density at radius 1 is 1.56 bits per heavy atom. The van der Waals surface area contributed by atoms with Crippen molar-refractivity contribution in [3.63, 3.8) is 0 Å². The average molecular weight is 221 g/mol. The van der Waals surface area contributed by atoms with E-state index >= 15 is 0 Å². The molecule has 0 aromatic carbocycles. The predicted molar refractivity (Wildman–Crippen MR) is 66.2 cm³/mol. The first-order valence-electron chi connectivity index (χ1n) is 6.30. The molecule has 0 amide bonds. The molecule has 0 saturated heterocycles. The lowest BCUT2D eigenvalue weighted by molar-refractivity contribution is 0.191. The van der Waals surface area contributed by atoms with E-state index in [1.807, 2.05) is 6.20 Å². The molecule has 2 unspecified atom stereocenters. The van der Waals surface area contributed by atoms with Crippen molar-refractivity contribution in [3.8, 4) is 0 Å². The van der Waals surface area contributed by atoms with Crippen LogP contribution in [0.1, 0.15) is 51.8 Å². The number of hydrogen-bond donors (Lipinski definition) is 1. The highest BCUT2D eigenvalue weighted by molar-refractivity contribution is 5.08. The Hall–Kier alpha value is -0.830. The minimum absolute atomic E-state index is 0.278. The van der Waals surface area contributed by atoms with Gasteiger partial charge < -0.3 is 10.3 Å². The van der Waals surface area contributed by atoms with Crippen molar-refractivity contribution in [1.82, 2.24) is 9.55 Å². The topological polar surface area (TPSA) is 43.8 Å². The maximum absolute atomic E-state index is 6.26. The van der Waals surface area contributed by atoms with Crippen molar-refractivity contribution in [2.24, 2.45) is 11.1 Å². The van der Waals surface area contributed by atoms with Gasteiger partial charge in [0.15, 0.2) is 0 Å². The zero-order chi connectivity index (χ0) is 11.8. The number of imidazole rings is 1. The van der Waals surface area contributed by atoms with Gasteiger partial charge in [0, 0.05) is 30.9 Å². The van der Waals surface area contributed by atoms with Crippen molar-refractivity contribution in [1.29, 1.82) is 0 Å². The number of nitrogens with zero attached hydrogens (tertiary/aromatic N) is 2. The van der Waals surface area contributed by atoms with E-state index in [-0.39, 0.29) is 6.04 Å². The number of nitrogens with two attached hydrogens (primary N) is 1. The Bertz CT molecular complexity index is 354. The van der Waals surface area contributed by atoms with E-state index in [1.165, 1.54) is 12.2 Å². The van der Waals surface area contributed by atoms with Crippen LogP contribution in [0.5, 0.6) is 0 Å². The van der Waals surface area contributed by atoms with Gasteiger partial charge in [0.1, 0.15) is 5.82 Å². The van der Waals surface area contributed by atoms with Gasteiger partial charge in [-0.05, 0) is 31.6 Å². The molecule has 2 atom stereocenters. The van der Waals surface area contributed by atoms with Gasteiger partial charge in [-0.3, -0.25) is 0 Å². The van der Waals surface area contributed by atoms with Crippen LogP contribution in [0, 0.1) is 5.41 Å². The summed E-state index contributed by atoms with van der Waals surface area (Å²) in [5, 5.41) is 0. The summed E-state index contributed by atoms with van der Waals surface area (Å²) in [4.78, 5) is 4.51. The lowest BCUT2D eigenvalue weighted by atomic mass is 9.70. The molecule has 1 aromatic heterocycles. The molecule has 16 heavy (non-hydrogen) atoms. The fourth-order valence-electron chi connectivity index (χ4n) is 2.81. The highest BCUT2D eigenvalue weighted by Gasteiger charge is 2.35. The second-order valence-corrected chi connectivity index (χ2v) is 5.75. The first-order chi connectivity index (χ1) is 7.53. The van der Waals surface area contributed by atoms with Crippen LogP contribution in [-0.4, -0.2) is 15.6 Å². The zero-order valence-corrected chi connectivity index (χ0v) is 10.6. The second kappa shape index (κ2) is 4.21. The van der Waals surface area contributed by atoms with Crippen LogP contribution in [0.25, 0.3) is 0 Å². The van der Waals surface area contributed by atoms with Gasteiger partial charge in [-0.15, -0.1) is 0 Å². The third-order valence-corrected chi connectivity index (χ3v) is 3.86. The number of rotatable bonds is 2. The van der Waals surface area contributed by atoms with E-state index in [4.69, 9.17) is 5.73 Å².